The largest absolute Gasteiger partial charge is 0.417 e. The summed E-state index contributed by atoms with van der Waals surface area (Å²) in [6.45, 7) is 0. The second kappa shape index (κ2) is 6.51. The Morgan fingerprint density at radius 2 is 2.05 bits per heavy atom. The first kappa shape index (κ1) is 14.5. The lowest BCUT2D eigenvalue weighted by molar-refractivity contribution is 0.215. The summed E-state index contributed by atoms with van der Waals surface area (Å²) in [4.78, 5) is 15.5. The number of nitrogens with one attached hydrogen (secondary N) is 1. The van der Waals surface area contributed by atoms with Crippen molar-refractivity contribution in [3.05, 3.63) is 53.8 Å². The number of nitrogens with zero attached hydrogens (tertiary/aromatic N) is 1. The molecule has 3 N–H and O–H groups in total. The summed E-state index contributed by atoms with van der Waals surface area (Å²) in [6, 6.07) is 11.0. The van der Waals surface area contributed by atoms with Gasteiger partial charge in [0.2, 0.25) is 0 Å². The highest BCUT2D eigenvalue weighted by Crippen LogP contribution is 2.21. The second-order valence-corrected chi connectivity index (χ2v) is 4.18. The third-order valence-corrected chi connectivity index (χ3v) is 2.63. The second-order valence-electron chi connectivity index (χ2n) is 4.18. The molecule has 0 saturated heterocycles. The van der Waals surface area contributed by atoms with Crippen LogP contribution in [-0.4, -0.2) is 19.4 Å². The van der Waals surface area contributed by atoms with Crippen LogP contribution in [0.25, 0.3) is 0 Å². The van der Waals surface area contributed by atoms with E-state index in [-0.39, 0.29) is 11.4 Å². The number of amides is 1. The summed E-state index contributed by atoms with van der Waals surface area (Å²) in [6.07, 6.45) is 0.687. The molecule has 2 aromatic rings. The molecule has 0 aliphatic rings. The molecule has 0 saturated carbocycles. The molecule has 21 heavy (non-hydrogen) atoms. The van der Waals surface area contributed by atoms with Gasteiger partial charge in [0.15, 0.2) is 0 Å². The number of para-hydroxylation sites is 1. The van der Waals surface area contributed by atoms with Gasteiger partial charge in [-0.05, 0) is 24.3 Å². The molecule has 1 amide bonds. The molecule has 5 nitrogen and oxygen atoms in total. The van der Waals surface area contributed by atoms with E-state index >= 15 is 0 Å². The number of aliphatic imine (C=N–C) groups is 1. The number of benzene rings is 2. The molecule has 0 radical (unpaired) electrons. The molecule has 0 spiro atoms. The first-order valence-corrected chi connectivity index (χ1v) is 6.15. The third kappa shape index (κ3) is 3.79. The van der Waals surface area contributed by atoms with Crippen LogP contribution in [0.1, 0.15) is 5.56 Å². The van der Waals surface area contributed by atoms with Crippen molar-refractivity contribution < 1.29 is 13.9 Å². The molecule has 0 heterocycles. The number of nitrogen functional groups attached to an aromatic ring is 1. The van der Waals surface area contributed by atoms with E-state index in [0.717, 1.165) is 6.07 Å². The predicted octanol–water partition coefficient (Wildman–Crippen LogP) is 3.07. The van der Waals surface area contributed by atoms with Gasteiger partial charge in [0.05, 0.1) is 5.69 Å². The van der Waals surface area contributed by atoms with Gasteiger partial charge in [-0.1, -0.05) is 18.2 Å². The summed E-state index contributed by atoms with van der Waals surface area (Å²) in [5.41, 5.74) is 6.37. The number of carbonyl (C=O) groups is 1. The fourth-order valence-corrected chi connectivity index (χ4v) is 1.68. The molecular weight excluding hydrogens is 273 g/mol. The molecule has 0 bridgehead atoms. The van der Waals surface area contributed by atoms with Crippen LogP contribution >= 0.6 is 0 Å². The zero-order chi connectivity index (χ0) is 15.2. The maximum Gasteiger partial charge on any atom is 0.417 e. The van der Waals surface area contributed by atoms with Crippen LogP contribution < -0.4 is 15.8 Å². The molecule has 0 aliphatic heterocycles. The predicted molar refractivity (Wildman–Crippen MR) is 80.4 cm³/mol. The van der Waals surface area contributed by atoms with Gasteiger partial charge < -0.3 is 10.5 Å². The van der Waals surface area contributed by atoms with Crippen LogP contribution in [-0.2, 0) is 0 Å². The Balaban J connectivity index is 2.15. The minimum absolute atomic E-state index is 0.0277. The fraction of sp³-hybridized carbons (Fsp3) is 0.0667. The van der Waals surface area contributed by atoms with E-state index in [9.17, 15) is 9.18 Å². The molecule has 0 aliphatic carbocycles. The first-order chi connectivity index (χ1) is 10.1. The minimum Gasteiger partial charge on any atom is -0.410 e. The number of halogens is 1. The van der Waals surface area contributed by atoms with Gasteiger partial charge in [-0.2, -0.15) is 0 Å². The molecule has 0 unspecified atom stereocenters. The Bertz CT molecular complexity index is 672. The van der Waals surface area contributed by atoms with Crippen molar-refractivity contribution in [2.45, 2.75) is 0 Å². The van der Waals surface area contributed by atoms with Gasteiger partial charge in [-0.25, -0.2) is 9.18 Å². The maximum absolute atomic E-state index is 13.8. The van der Waals surface area contributed by atoms with E-state index in [0.29, 0.717) is 11.3 Å². The van der Waals surface area contributed by atoms with E-state index in [2.05, 4.69) is 10.3 Å². The lowest BCUT2D eigenvalue weighted by Gasteiger charge is -2.09. The smallest absolute Gasteiger partial charge is 0.410 e. The average molecular weight is 287 g/mol. The number of hydrogen-bond donors (Lipinski definition) is 2. The van der Waals surface area contributed by atoms with E-state index in [4.69, 9.17) is 10.5 Å². The minimum atomic E-state index is -0.788. The highest BCUT2D eigenvalue weighted by atomic mass is 19.1. The number of ether oxygens (including phenoxy) is 1. The lowest BCUT2D eigenvalue weighted by atomic mass is 10.1. The molecular formula is C15H14FN3O2. The summed E-state index contributed by atoms with van der Waals surface area (Å²) >= 11 is 0. The Morgan fingerprint density at radius 1 is 1.33 bits per heavy atom. The van der Waals surface area contributed by atoms with Crippen LogP contribution in [0.3, 0.4) is 0 Å². The summed E-state index contributed by atoms with van der Waals surface area (Å²) in [7, 11) is 1.57. The van der Waals surface area contributed by atoms with E-state index in [1.54, 1.807) is 37.4 Å². The lowest BCUT2D eigenvalue weighted by Crippen LogP contribution is -2.18. The zero-order valence-corrected chi connectivity index (χ0v) is 11.3. The molecule has 2 rings (SSSR count). The topological polar surface area (TPSA) is 76.7 Å². The van der Waals surface area contributed by atoms with Gasteiger partial charge >= 0.3 is 6.09 Å². The number of carbonyl (C=O) groups excluding carboxylic acids is 1. The standard InChI is InChI=1S/C15H14FN3O2/c1-18-9-10-7-14(12(16)8-13(10)17)19-15(20)21-11-5-3-2-4-6-11/h2-9H,17H2,1H3,(H,19,20). The summed E-state index contributed by atoms with van der Waals surface area (Å²) < 4.78 is 18.8. The Morgan fingerprint density at radius 3 is 2.71 bits per heavy atom. The fourth-order valence-electron chi connectivity index (χ4n) is 1.68. The van der Waals surface area contributed by atoms with Crippen molar-refractivity contribution >= 4 is 23.7 Å². The Hall–Kier alpha value is -2.89. The Labute approximate surface area is 121 Å². The van der Waals surface area contributed by atoms with Crippen molar-refractivity contribution in [1.82, 2.24) is 0 Å². The monoisotopic (exact) mass is 287 g/mol. The summed E-state index contributed by atoms with van der Waals surface area (Å²) in [5, 5.41) is 2.33. The molecule has 6 heteroatoms. The van der Waals surface area contributed by atoms with Crippen molar-refractivity contribution in [3.63, 3.8) is 0 Å². The van der Waals surface area contributed by atoms with Crippen LogP contribution in [0.15, 0.2) is 47.5 Å². The van der Waals surface area contributed by atoms with Crippen LogP contribution in [0.4, 0.5) is 20.6 Å². The van der Waals surface area contributed by atoms with E-state index in [1.165, 1.54) is 12.3 Å². The quantitative estimate of drug-likeness (QED) is 0.672. The first-order valence-electron chi connectivity index (χ1n) is 6.15. The molecule has 0 fully saturated rings. The van der Waals surface area contributed by atoms with Crippen molar-refractivity contribution in [1.29, 1.82) is 0 Å². The van der Waals surface area contributed by atoms with E-state index in [1.807, 2.05) is 0 Å². The van der Waals surface area contributed by atoms with Crippen LogP contribution in [0.2, 0.25) is 0 Å². The highest BCUT2D eigenvalue weighted by Gasteiger charge is 2.11. The average Bonchev–Trinajstić information content (AvgIpc) is 2.45. The van der Waals surface area contributed by atoms with Gasteiger partial charge in [0.1, 0.15) is 11.6 Å². The van der Waals surface area contributed by atoms with Crippen molar-refractivity contribution in [2.75, 3.05) is 18.1 Å². The van der Waals surface area contributed by atoms with Crippen molar-refractivity contribution in [2.24, 2.45) is 4.99 Å². The molecule has 108 valence electrons. The van der Waals surface area contributed by atoms with Crippen LogP contribution in [0.5, 0.6) is 5.75 Å². The zero-order valence-electron chi connectivity index (χ0n) is 11.3. The van der Waals surface area contributed by atoms with E-state index < -0.39 is 11.9 Å². The normalized spacial score (nSPS) is 10.6. The number of hydrogen-bond acceptors (Lipinski definition) is 4. The maximum atomic E-state index is 13.8. The van der Waals surface area contributed by atoms with Gasteiger partial charge in [0.25, 0.3) is 0 Å². The molecule has 0 aromatic heterocycles. The molecule has 2 aromatic carbocycles. The summed E-state index contributed by atoms with van der Waals surface area (Å²) in [5.74, 6) is -0.285. The number of anilines is 2. The van der Waals surface area contributed by atoms with Gasteiger partial charge in [0, 0.05) is 24.5 Å². The number of nitrogens with two attached hydrogens (primary N) is 1. The third-order valence-electron chi connectivity index (χ3n) is 2.63. The van der Waals surface area contributed by atoms with Crippen molar-refractivity contribution in [3.8, 4) is 5.75 Å². The Kier molecular flexibility index (Phi) is 4.50. The number of rotatable bonds is 3. The van der Waals surface area contributed by atoms with Gasteiger partial charge in [-0.3, -0.25) is 10.3 Å². The van der Waals surface area contributed by atoms with Gasteiger partial charge in [-0.15, -0.1) is 0 Å². The SMILES string of the molecule is CN=Cc1cc(NC(=O)Oc2ccccc2)c(F)cc1N. The highest BCUT2D eigenvalue weighted by molar-refractivity contribution is 5.92. The molecule has 0 atom stereocenters. The van der Waals surface area contributed by atoms with Crippen LogP contribution in [0, 0.1) is 5.82 Å².